The Morgan fingerprint density at radius 2 is 1.06 bits per heavy atom. The predicted molar refractivity (Wildman–Crippen MR) is 56.1 cm³/mol. The summed E-state index contributed by atoms with van der Waals surface area (Å²) in [6.07, 6.45) is 0. The van der Waals surface area contributed by atoms with Gasteiger partial charge in [0.05, 0.1) is 10.0 Å². The largest absolute Gasteiger partial charge is 0.296 e. The standard InChI is InChI=1S/C6H4Cl2O6S2/c7-3-1-5(15(9,10)11)4(8)2-6(3)16(12,13)14/h1-2H,(H,9,10,11)(H,12,13,14). The molecule has 0 aliphatic heterocycles. The molecule has 0 amide bonds. The summed E-state index contributed by atoms with van der Waals surface area (Å²) in [6, 6.07) is 1.25. The molecule has 0 fully saturated rings. The van der Waals surface area contributed by atoms with Gasteiger partial charge in [-0.3, -0.25) is 9.11 Å². The lowest BCUT2D eigenvalue weighted by Crippen LogP contribution is -2.04. The van der Waals surface area contributed by atoms with Crippen LogP contribution in [0.3, 0.4) is 0 Å². The number of hydrogen-bond donors (Lipinski definition) is 2. The van der Waals surface area contributed by atoms with E-state index in [-0.39, 0.29) is 0 Å². The van der Waals surface area contributed by atoms with Crippen LogP contribution in [-0.4, -0.2) is 25.9 Å². The first-order valence-corrected chi connectivity index (χ1v) is 7.11. The summed E-state index contributed by atoms with van der Waals surface area (Å²) in [5, 5.41) is -1.14. The van der Waals surface area contributed by atoms with E-state index in [1.165, 1.54) is 0 Å². The second-order valence-electron chi connectivity index (χ2n) is 2.66. The van der Waals surface area contributed by atoms with Crippen LogP contribution >= 0.6 is 23.2 Å². The zero-order valence-corrected chi connectivity index (χ0v) is 10.4. The first kappa shape index (κ1) is 13.7. The first-order valence-electron chi connectivity index (χ1n) is 3.47. The van der Waals surface area contributed by atoms with Crippen molar-refractivity contribution < 1.29 is 25.9 Å². The third kappa shape index (κ3) is 2.84. The van der Waals surface area contributed by atoms with Crippen molar-refractivity contribution in [3.8, 4) is 0 Å². The molecule has 6 nitrogen and oxygen atoms in total. The molecule has 0 saturated heterocycles. The first-order chi connectivity index (χ1) is 7.03. The molecule has 16 heavy (non-hydrogen) atoms. The van der Waals surface area contributed by atoms with Crippen molar-refractivity contribution in [2.45, 2.75) is 9.79 Å². The van der Waals surface area contributed by atoms with Gasteiger partial charge >= 0.3 is 0 Å². The Bertz CT molecular complexity index is 575. The SMILES string of the molecule is O=S(=O)(O)c1cc(Cl)c(S(=O)(=O)O)cc1Cl. The van der Waals surface area contributed by atoms with E-state index in [1.807, 2.05) is 0 Å². The van der Waals surface area contributed by atoms with Crippen LogP contribution in [0.15, 0.2) is 21.9 Å². The van der Waals surface area contributed by atoms with Crippen molar-refractivity contribution in [3.05, 3.63) is 22.2 Å². The van der Waals surface area contributed by atoms with Crippen LogP contribution in [0.2, 0.25) is 10.0 Å². The smallest absolute Gasteiger partial charge is 0.282 e. The van der Waals surface area contributed by atoms with Crippen LogP contribution in [0, 0.1) is 0 Å². The maximum absolute atomic E-state index is 10.8. The van der Waals surface area contributed by atoms with Gasteiger partial charge in [-0.1, -0.05) is 23.2 Å². The third-order valence-electron chi connectivity index (χ3n) is 1.54. The van der Waals surface area contributed by atoms with Gasteiger partial charge in [0.15, 0.2) is 0 Å². The number of halogens is 2. The monoisotopic (exact) mass is 306 g/mol. The highest BCUT2D eigenvalue weighted by Gasteiger charge is 2.22. The highest BCUT2D eigenvalue weighted by atomic mass is 35.5. The molecule has 0 spiro atoms. The fourth-order valence-corrected chi connectivity index (χ4v) is 3.09. The second kappa shape index (κ2) is 4.13. The summed E-state index contributed by atoms with van der Waals surface area (Å²) in [4.78, 5) is -1.49. The van der Waals surface area contributed by atoms with Gasteiger partial charge < -0.3 is 0 Å². The van der Waals surface area contributed by atoms with Crippen LogP contribution < -0.4 is 0 Å². The third-order valence-corrected chi connectivity index (χ3v) is 4.18. The molecule has 1 aromatic rings. The van der Waals surface area contributed by atoms with Crippen LogP contribution in [0.25, 0.3) is 0 Å². The van der Waals surface area contributed by atoms with E-state index in [0.29, 0.717) is 12.1 Å². The van der Waals surface area contributed by atoms with E-state index in [4.69, 9.17) is 32.3 Å². The lowest BCUT2D eigenvalue weighted by Gasteiger charge is -2.05. The van der Waals surface area contributed by atoms with Crippen molar-refractivity contribution in [1.29, 1.82) is 0 Å². The fraction of sp³-hybridized carbons (Fsp3) is 0. The van der Waals surface area contributed by atoms with Crippen molar-refractivity contribution in [3.63, 3.8) is 0 Å². The van der Waals surface area contributed by atoms with E-state index >= 15 is 0 Å². The summed E-state index contributed by atoms with van der Waals surface area (Å²) in [5.74, 6) is 0. The molecular weight excluding hydrogens is 303 g/mol. The van der Waals surface area contributed by atoms with Crippen LogP contribution in [0.1, 0.15) is 0 Å². The highest BCUT2D eigenvalue weighted by molar-refractivity contribution is 7.86. The van der Waals surface area contributed by atoms with Gasteiger partial charge in [0.1, 0.15) is 9.79 Å². The molecule has 2 N–H and O–H groups in total. The molecule has 90 valence electrons. The van der Waals surface area contributed by atoms with Gasteiger partial charge in [-0.25, -0.2) is 0 Å². The molecular formula is C6H4Cl2O6S2. The molecule has 0 bridgehead atoms. The number of rotatable bonds is 2. The van der Waals surface area contributed by atoms with Crippen molar-refractivity contribution in [2.75, 3.05) is 0 Å². The molecule has 0 saturated carbocycles. The van der Waals surface area contributed by atoms with Gasteiger partial charge in [-0.05, 0) is 12.1 Å². The molecule has 1 rings (SSSR count). The summed E-state index contributed by atoms with van der Waals surface area (Å²) >= 11 is 10.8. The zero-order chi connectivity index (χ0) is 12.7. The van der Waals surface area contributed by atoms with Gasteiger partial charge in [-0.15, -0.1) is 0 Å². The van der Waals surface area contributed by atoms with Crippen LogP contribution in [0.4, 0.5) is 0 Å². The van der Waals surface area contributed by atoms with Crippen molar-refractivity contribution >= 4 is 43.4 Å². The Balaban J connectivity index is 3.65. The molecule has 0 aliphatic rings. The minimum atomic E-state index is -4.61. The fourth-order valence-electron chi connectivity index (χ4n) is 0.906. The molecule has 1 aromatic carbocycles. The van der Waals surface area contributed by atoms with Crippen molar-refractivity contribution in [1.82, 2.24) is 0 Å². The van der Waals surface area contributed by atoms with E-state index in [2.05, 4.69) is 0 Å². The summed E-state index contributed by atoms with van der Waals surface area (Å²) in [5.41, 5.74) is 0. The average molecular weight is 307 g/mol. The summed E-state index contributed by atoms with van der Waals surface area (Å²) in [7, 11) is -9.22. The molecule has 0 aliphatic carbocycles. The Labute approximate surface area is 101 Å². The Morgan fingerprint density at radius 1 is 0.812 bits per heavy atom. The Hall–Kier alpha value is -0.380. The molecule has 0 unspecified atom stereocenters. The summed E-state index contributed by atoms with van der Waals surface area (Å²) in [6.45, 7) is 0. The lowest BCUT2D eigenvalue weighted by atomic mass is 10.4. The minimum absolute atomic E-state index is 0.570. The van der Waals surface area contributed by atoms with E-state index in [1.54, 1.807) is 0 Å². The maximum atomic E-state index is 10.8. The normalized spacial score (nSPS) is 12.8. The van der Waals surface area contributed by atoms with Gasteiger partial charge in [-0.2, -0.15) is 16.8 Å². The topological polar surface area (TPSA) is 109 Å². The number of hydrogen-bond acceptors (Lipinski definition) is 4. The van der Waals surface area contributed by atoms with E-state index in [0.717, 1.165) is 0 Å². The lowest BCUT2D eigenvalue weighted by molar-refractivity contribution is 0.478. The minimum Gasteiger partial charge on any atom is -0.282 e. The van der Waals surface area contributed by atoms with Gasteiger partial charge in [0.2, 0.25) is 0 Å². The molecule has 0 radical (unpaired) electrons. The molecule has 0 heterocycles. The average Bonchev–Trinajstić information content (AvgIpc) is 2.04. The van der Waals surface area contributed by atoms with Crippen LogP contribution in [0.5, 0.6) is 0 Å². The quantitative estimate of drug-likeness (QED) is 0.801. The van der Waals surface area contributed by atoms with Crippen LogP contribution in [-0.2, 0) is 20.2 Å². The van der Waals surface area contributed by atoms with Gasteiger partial charge in [0.25, 0.3) is 20.2 Å². The van der Waals surface area contributed by atoms with E-state index < -0.39 is 40.1 Å². The number of benzene rings is 1. The second-order valence-corrected chi connectivity index (χ2v) is 6.26. The van der Waals surface area contributed by atoms with E-state index in [9.17, 15) is 16.8 Å². The maximum Gasteiger partial charge on any atom is 0.296 e. The van der Waals surface area contributed by atoms with Gasteiger partial charge in [0, 0.05) is 0 Å². The molecule has 0 atom stereocenters. The summed E-state index contributed by atoms with van der Waals surface area (Å²) < 4.78 is 60.5. The molecule has 10 heteroatoms. The van der Waals surface area contributed by atoms with Crippen molar-refractivity contribution in [2.24, 2.45) is 0 Å². The Kier molecular flexibility index (Phi) is 3.53. The highest BCUT2D eigenvalue weighted by Crippen LogP contribution is 2.30. The molecule has 0 aromatic heterocycles. The Morgan fingerprint density at radius 3 is 1.25 bits per heavy atom. The zero-order valence-electron chi connectivity index (χ0n) is 7.25. The predicted octanol–water partition coefficient (Wildman–Crippen LogP) is 1.49.